The Morgan fingerprint density at radius 2 is 1.83 bits per heavy atom. The predicted molar refractivity (Wildman–Crippen MR) is 86.3 cm³/mol. The lowest BCUT2D eigenvalue weighted by Gasteiger charge is -2.20. The topological polar surface area (TPSA) is 133 Å². The van der Waals surface area contributed by atoms with Crippen molar-refractivity contribution in [3.63, 3.8) is 0 Å². The second-order valence-corrected chi connectivity index (χ2v) is 7.76. The number of imide groups is 1. The van der Waals surface area contributed by atoms with Crippen molar-refractivity contribution < 1.29 is 27.5 Å². The smallest absolute Gasteiger partial charge is 0.340 e. The number of nitrogens with one attached hydrogen (secondary N) is 1. The van der Waals surface area contributed by atoms with Crippen molar-refractivity contribution in [3.8, 4) is 0 Å². The second-order valence-electron chi connectivity index (χ2n) is 5.34. The maximum atomic E-state index is 12.3. The molecule has 3 N–H and O–H groups in total. The predicted octanol–water partition coefficient (Wildman–Crippen LogP) is 1.12. The number of rotatable bonds is 5. The molecule has 0 aliphatic carbocycles. The summed E-state index contributed by atoms with van der Waals surface area (Å²) in [6.45, 7) is 3.18. The molecule has 1 atom stereocenters. The molecule has 1 aromatic carbocycles. The molecule has 132 valence electrons. The Labute approximate surface area is 144 Å². The standard InChI is InChI=1S/C14H17ClN2O6S/c1-7(2)11(12(18)17-14(16)20)23-13(19)9-6-8(24(3,21)22)4-5-10(9)15/h4-7,11H,1-3H3,(H3,16,17,18,20). The highest BCUT2D eigenvalue weighted by molar-refractivity contribution is 7.90. The van der Waals surface area contributed by atoms with Crippen LogP contribution < -0.4 is 11.1 Å². The number of hydrogen-bond acceptors (Lipinski definition) is 6. The molecule has 24 heavy (non-hydrogen) atoms. The highest BCUT2D eigenvalue weighted by Gasteiger charge is 2.29. The van der Waals surface area contributed by atoms with Gasteiger partial charge in [0.2, 0.25) is 0 Å². The van der Waals surface area contributed by atoms with Crippen LogP contribution in [0.15, 0.2) is 23.1 Å². The van der Waals surface area contributed by atoms with Crippen molar-refractivity contribution in [2.24, 2.45) is 11.7 Å². The molecule has 1 rings (SSSR count). The zero-order chi connectivity index (χ0) is 18.7. The largest absolute Gasteiger partial charge is 0.448 e. The number of benzene rings is 1. The third-order valence-corrected chi connectivity index (χ3v) is 4.37. The molecule has 0 radical (unpaired) electrons. The van der Waals surface area contributed by atoms with Gasteiger partial charge in [0, 0.05) is 6.26 Å². The summed E-state index contributed by atoms with van der Waals surface area (Å²) in [4.78, 5) is 34.7. The average molecular weight is 377 g/mol. The molecule has 0 bridgehead atoms. The van der Waals surface area contributed by atoms with E-state index >= 15 is 0 Å². The minimum atomic E-state index is -3.56. The summed E-state index contributed by atoms with van der Waals surface area (Å²) >= 11 is 5.90. The van der Waals surface area contributed by atoms with E-state index in [0.29, 0.717) is 0 Å². The lowest BCUT2D eigenvalue weighted by atomic mass is 10.1. The Kier molecular flexibility index (Phi) is 6.33. The molecule has 1 aromatic rings. The van der Waals surface area contributed by atoms with Crippen molar-refractivity contribution in [1.29, 1.82) is 0 Å². The molecule has 0 saturated carbocycles. The number of carbonyl (C=O) groups is 3. The quantitative estimate of drug-likeness (QED) is 0.740. The molecule has 8 nitrogen and oxygen atoms in total. The van der Waals surface area contributed by atoms with Crippen LogP contribution in [-0.2, 0) is 19.4 Å². The Hall–Kier alpha value is -2.13. The van der Waals surface area contributed by atoms with Gasteiger partial charge in [-0.3, -0.25) is 10.1 Å². The van der Waals surface area contributed by atoms with Gasteiger partial charge in [0.15, 0.2) is 15.9 Å². The minimum absolute atomic E-state index is 0.0368. The van der Waals surface area contributed by atoms with Crippen LogP contribution in [0.4, 0.5) is 4.79 Å². The fourth-order valence-corrected chi connectivity index (χ4v) is 2.60. The second kappa shape index (κ2) is 7.63. The summed E-state index contributed by atoms with van der Waals surface area (Å²) in [5, 5.41) is 1.79. The Morgan fingerprint density at radius 1 is 1.25 bits per heavy atom. The van der Waals surface area contributed by atoms with E-state index in [-0.39, 0.29) is 15.5 Å². The van der Waals surface area contributed by atoms with E-state index in [1.807, 2.05) is 5.32 Å². The molecule has 0 heterocycles. The first-order valence-corrected chi connectivity index (χ1v) is 9.01. The van der Waals surface area contributed by atoms with E-state index in [2.05, 4.69) is 0 Å². The number of sulfone groups is 1. The molecular weight excluding hydrogens is 360 g/mol. The zero-order valence-electron chi connectivity index (χ0n) is 13.2. The van der Waals surface area contributed by atoms with Crippen LogP contribution in [-0.4, -0.2) is 38.7 Å². The van der Waals surface area contributed by atoms with Gasteiger partial charge in [-0.15, -0.1) is 0 Å². The van der Waals surface area contributed by atoms with Crippen molar-refractivity contribution in [2.45, 2.75) is 24.8 Å². The molecule has 3 amide bonds. The highest BCUT2D eigenvalue weighted by Crippen LogP contribution is 2.22. The van der Waals surface area contributed by atoms with Crippen molar-refractivity contribution in [1.82, 2.24) is 5.32 Å². The molecule has 0 aromatic heterocycles. The van der Waals surface area contributed by atoms with E-state index in [9.17, 15) is 22.8 Å². The van der Waals surface area contributed by atoms with Crippen LogP contribution in [0.3, 0.4) is 0 Å². The SMILES string of the molecule is CC(C)C(OC(=O)c1cc(S(C)(=O)=O)ccc1Cl)C(=O)NC(N)=O. The summed E-state index contributed by atoms with van der Waals surface area (Å²) in [5.74, 6) is -2.35. The van der Waals surface area contributed by atoms with Gasteiger partial charge in [-0.2, -0.15) is 0 Å². The van der Waals surface area contributed by atoms with E-state index in [4.69, 9.17) is 22.1 Å². The summed E-state index contributed by atoms with van der Waals surface area (Å²) in [5.41, 5.74) is 4.65. The maximum Gasteiger partial charge on any atom is 0.340 e. The van der Waals surface area contributed by atoms with Crippen LogP contribution in [0.25, 0.3) is 0 Å². The molecule has 0 spiro atoms. The third kappa shape index (κ3) is 5.20. The van der Waals surface area contributed by atoms with Gasteiger partial charge in [-0.25, -0.2) is 18.0 Å². The van der Waals surface area contributed by atoms with Crippen LogP contribution in [0.5, 0.6) is 0 Å². The van der Waals surface area contributed by atoms with E-state index < -0.39 is 39.8 Å². The van der Waals surface area contributed by atoms with Crippen molar-refractivity contribution >= 4 is 39.3 Å². The lowest BCUT2D eigenvalue weighted by Crippen LogP contribution is -2.45. The monoisotopic (exact) mass is 376 g/mol. The molecule has 0 fully saturated rings. The summed E-state index contributed by atoms with van der Waals surface area (Å²) in [7, 11) is -3.56. The number of carbonyl (C=O) groups excluding carboxylic acids is 3. The van der Waals surface area contributed by atoms with Gasteiger partial charge in [0.05, 0.1) is 15.5 Å². The minimum Gasteiger partial charge on any atom is -0.448 e. The zero-order valence-corrected chi connectivity index (χ0v) is 14.8. The molecule has 0 aliphatic rings. The average Bonchev–Trinajstić information content (AvgIpc) is 2.42. The molecular formula is C14H17ClN2O6S. The number of urea groups is 1. The normalized spacial score (nSPS) is 12.5. The molecule has 10 heteroatoms. The van der Waals surface area contributed by atoms with Crippen LogP contribution in [0.1, 0.15) is 24.2 Å². The number of nitrogens with two attached hydrogens (primary N) is 1. The molecule has 1 unspecified atom stereocenters. The Bertz CT molecular complexity index is 775. The molecule has 0 saturated heterocycles. The van der Waals surface area contributed by atoms with Gasteiger partial charge in [-0.1, -0.05) is 25.4 Å². The maximum absolute atomic E-state index is 12.3. The van der Waals surface area contributed by atoms with E-state index in [1.165, 1.54) is 12.1 Å². The first kappa shape index (κ1) is 19.9. The van der Waals surface area contributed by atoms with Gasteiger partial charge in [0.25, 0.3) is 5.91 Å². The van der Waals surface area contributed by atoms with Gasteiger partial charge in [-0.05, 0) is 24.1 Å². The van der Waals surface area contributed by atoms with E-state index in [1.54, 1.807) is 13.8 Å². The van der Waals surface area contributed by atoms with Gasteiger partial charge < -0.3 is 10.5 Å². The van der Waals surface area contributed by atoms with Gasteiger partial charge in [0.1, 0.15) is 0 Å². The summed E-state index contributed by atoms with van der Waals surface area (Å²) in [6.07, 6.45) is -0.328. The van der Waals surface area contributed by atoms with Crippen LogP contribution in [0, 0.1) is 5.92 Å². The first-order chi connectivity index (χ1) is 10.9. The summed E-state index contributed by atoms with van der Waals surface area (Å²) in [6, 6.07) is 2.46. The summed E-state index contributed by atoms with van der Waals surface area (Å²) < 4.78 is 28.2. The number of ether oxygens (including phenoxy) is 1. The van der Waals surface area contributed by atoms with Gasteiger partial charge >= 0.3 is 12.0 Å². The first-order valence-electron chi connectivity index (χ1n) is 6.74. The fourth-order valence-electron chi connectivity index (χ4n) is 1.76. The van der Waals surface area contributed by atoms with E-state index in [0.717, 1.165) is 12.3 Å². The third-order valence-electron chi connectivity index (χ3n) is 2.93. The number of primary amides is 1. The van der Waals surface area contributed by atoms with Crippen LogP contribution in [0.2, 0.25) is 5.02 Å². The Morgan fingerprint density at radius 3 is 2.29 bits per heavy atom. The molecule has 0 aliphatic heterocycles. The Balaban J connectivity index is 3.12. The number of amides is 3. The number of hydrogen-bond donors (Lipinski definition) is 2. The lowest BCUT2D eigenvalue weighted by molar-refractivity contribution is -0.130. The number of esters is 1. The number of halogens is 1. The van der Waals surface area contributed by atoms with Crippen molar-refractivity contribution in [2.75, 3.05) is 6.26 Å². The van der Waals surface area contributed by atoms with Crippen molar-refractivity contribution in [3.05, 3.63) is 28.8 Å². The fraction of sp³-hybridized carbons (Fsp3) is 0.357. The highest BCUT2D eigenvalue weighted by atomic mass is 35.5. The van der Waals surface area contributed by atoms with Crippen LogP contribution >= 0.6 is 11.6 Å².